The number of benzene rings is 7. The Labute approximate surface area is 328 Å². The van der Waals surface area contributed by atoms with Crippen LogP contribution in [0.1, 0.15) is 50.5 Å². The summed E-state index contributed by atoms with van der Waals surface area (Å²) in [4.78, 5) is 4.88. The van der Waals surface area contributed by atoms with Gasteiger partial charge >= 0.3 is 0 Å². The fourth-order valence-electron chi connectivity index (χ4n) is 11.0. The molecule has 4 aliphatic rings. The van der Waals surface area contributed by atoms with Crippen LogP contribution in [0.25, 0.3) is 31.3 Å². The maximum absolute atomic E-state index is 2.47. The van der Waals surface area contributed by atoms with Crippen molar-refractivity contribution in [3.8, 4) is 11.1 Å². The molecule has 1 atom stereocenters. The number of fused-ring (bicyclic) bond motifs is 4. The molecule has 0 amide bonds. The average Bonchev–Trinajstić information content (AvgIpc) is 3.85. The van der Waals surface area contributed by atoms with Crippen molar-refractivity contribution < 1.29 is 0 Å². The second-order valence-corrected chi connectivity index (χ2v) is 17.4. The predicted octanol–water partition coefficient (Wildman–Crippen LogP) is 15.3. The van der Waals surface area contributed by atoms with Crippen LogP contribution in [-0.2, 0) is 5.41 Å². The molecule has 0 N–H and O–H groups in total. The van der Waals surface area contributed by atoms with E-state index in [0.29, 0.717) is 10.8 Å². The first-order valence-electron chi connectivity index (χ1n) is 20.1. The summed E-state index contributed by atoms with van der Waals surface area (Å²) in [6, 6.07) is 65.1. The van der Waals surface area contributed by atoms with Gasteiger partial charge in [-0.25, -0.2) is 0 Å². The van der Waals surface area contributed by atoms with E-state index < -0.39 is 0 Å². The lowest BCUT2D eigenvalue weighted by molar-refractivity contribution is -0.0690. The van der Waals surface area contributed by atoms with Crippen molar-refractivity contribution in [3.05, 3.63) is 181 Å². The summed E-state index contributed by atoms with van der Waals surface area (Å²) in [7, 11) is 0. The highest BCUT2D eigenvalue weighted by Crippen LogP contribution is 2.71. The molecule has 1 aromatic heterocycles. The van der Waals surface area contributed by atoms with Gasteiger partial charge in [-0.05, 0) is 139 Å². The van der Waals surface area contributed by atoms with Crippen LogP contribution in [-0.4, -0.2) is 0 Å². The zero-order valence-corrected chi connectivity index (χ0v) is 31.9. The fraction of sp³-hybridized carbons (Fsp3) is 0.192. The quantitative estimate of drug-likeness (QED) is 0.154. The van der Waals surface area contributed by atoms with Crippen LogP contribution < -0.4 is 9.80 Å². The Morgan fingerprint density at radius 1 is 0.473 bits per heavy atom. The van der Waals surface area contributed by atoms with Crippen molar-refractivity contribution in [2.45, 2.75) is 50.4 Å². The normalized spacial score (nSPS) is 21.3. The van der Waals surface area contributed by atoms with Crippen LogP contribution in [0, 0.1) is 11.3 Å². The molecule has 1 heterocycles. The molecule has 3 heteroatoms. The lowest BCUT2D eigenvalue weighted by Crippen LogP contribution is -2.55. The predicted molar refractivity (Wildman–Crippen MR) is 234 cm³/mol. The molecular formula is C52H44N2S. The zero-order valence-electron chi connectivity index (χ0n) is 31.1. The van der Waals surface area contributed by atoms with Crippen molar-refractivity contribution in [1.29, 1.82) is 0 Å². The highest BCUT2D eigenvalue weighted by Gasteiger charge is 2.62. The van der Waals surface area contributed by atoms with Gasteiger partial charge in [0.2, 0.25) is 0 Å². The van der Waals surface area contributed by atoms with E-state index in [1.54, 1.807) is 5.56 Å². The smallest absolute Gasteiger partial charge is 0.0540 e. The van der Waals surface area contributed by atoms with Gasteiger partial charge in [-0.15, -0.1) is 11.3 Å². The van der Waals surface area contributed by atoms with E-state index in [4.69, 9.17) is 0 Å². The molecule has 4 fully saturated rings. The van der Waals surface area contributed by atoms with E-state index in [2.05, 4.69) is 186 Å². The molecule has 0 saturated heterocycles. The largest absolute Gasteiger partial charge is 0.310 e. The summed E-state index contributed by atoms with van der Waals surface area (Å²) in [5.41, 5.74) is 11.9. The molecule has 0 radical (unpaired) electrons. The van der Waals surface area contributed by atoms with Gasteiger partial charge in [-0.2, -0.15) is 0 Å². The average molecular weight is 729 g/mol. The molecule has 268 valence electrons. The lowest BCUT2D eigenvalue weighted by atomic mass is 9.41. The fourth-order valence-corrected chi connectivity index (χ4v) is 12.1. The Morgan fingerprint density at radius 2 is 1.11 bits per heavy atom. The molecular weight excluding hydrogens is 685 g/mol. The number of hydrogen-bond acceptors (Lipinski definition) is 3. The first-order chi connectivity index (χ1) is 27.2. The number of rotatable bonds is 8. The minimum absolute atomic E-state index is 0.372. The highest BCUT2D eigenvalue weighted by molar-refractivity contribution is 7.25. The van der Waals surface area contributed by atoms with Crippen LogP contribution in [0.15, 0.2) is 176 Å². The topological polar surface area (TPSA) is 6.48 Å². The van der Waals surface area contributed by atoms with Crippen LogP contribution in [0.5, 0.6) is 0 Å². The Kier molecular flexibility index (Phi) is 7.74. The monoisotopic (exact) mass is 728 g/mol. The molecule has 2 bridgehead atoms. The van der Waals surface area contributed by atoms with Crippen LogP contribution in [0.3, 0.4) is 0 Å². The number of anilines is 6. The van der Waals surface area contributed by atoms with Gasteiger partial charge in [0.15, 0.2) is 0 Å². The number of thiophene rings is 1. The molecule has 7 aromatic carbocycles. The van der Waals surface area contributed by atoms with E-state index in [0.717, 1.165) is 28.7 Å². The minimum Gasteiger partial charge on any atom is -0.310 e. The van der Waals surface area contributed by atoms with Crippen molar-refractivity contribution >= 4 is 65.6 Å². The summed E-state index contributed by atoms with van der Waals surface area (Å²) in [5, 5.41) is 2.61. The molecule has 4 saturated carbocycles. The number of hydrogen-bond donors (Lipinski definition) is 0. The zero-order chi connectivity index (χ0) is 36.4. The van der Waals surface area contributed by atoms with Crippen LogP contribution in [0.2, 0.25) is 0 Å². The molecule has 4 aliphatic carbocycles. The second-order valence-electron chi connectivity index (χ2n) is 16.4. The van der Waals surface area contributed by atoms with E-state index in [9.17, 15) is 0 Å². The van der Waals surface area contributed by atoms with Gasteiger partial charge in [-0.3, -0.25) is 0 Å². The van der Waals surface area contributed by atoms with Gasteiger partial charge < -0.3 is 9.80 Å². The third-order valence-electron chi connectivity index (χ3n) is 13.4. The van der Waals surface area contributed by atoms with Gasteiger partial charge in [0.25, 0.3) is 0 Å². The summed E-state index contributed by atoms with van der Waals surface area (Å²) in [5.74, 6) is 0.979. The molecule has 0 aliphatic heterocycles. The molecule has 1 unspecified atom stereocenters. The van der Waals surface area contributed by atoms with Crippen molar-refractivity contribution in [2.24, 2.45) is 11.3 Å². The van der Waals surface area contributed by atoms with Crippen molar-refractivity contribution in [1.82, 2.24) is 0 Å². The van der Waals surface area contributed by atoms with E-state index in [-0.39, 0.29) is 0 Å². The molecule has 2 nitrogen and oxygen atoms in total. The Morgan fingerprint density at radius 3 is 1.95 bits per heavy atom. The third kappa shape index (κ3) is 5.43. The number of nitrogens with zero attached hydrogens (tertiary/aromatic N) is 2. The first kappa shape index (κ1) is 32.8. The van der Waals surface area contributed by atoms with Crippen LogP contribution >= 0.6 is 11.3 Å². The Balaban J connectivity index is 1.04. The Bertz CT molecular complexity index is 2650. The van der Waals surface area contributed by atoms with Crippen molar-refractivity contribution in [3.63, 3.8) is 0 Å². The summed E-state index contributed by atoms with van der Waals surface area (Å²) >= 11 is 1.87. The summed E-state index contributed by atoms with van der Waals surface area (Å²) in [6.07, 6.45) is 9.92. The van der Waals surface area contributed by atoms with Gasteiger partial charge in [0.1, 0.15) is 0 Å². The SMILES string of the molecule is c1ccc(-c2ccccc2N(c2ccc(C34CCC5CCCC5(C3)C4)cc2)c2cccc(N(c3ccccc3)c3ccc4sc5ccccc5c4c3)c2)cc1. The maximum Gasteiger partial charge on any atom is 0.0540 e. The van der Waals surface area contributed by atoms with Gasteiger partial charge in [-0.1, -0.05) is 110 Å². The van der Waals surface area contributed by atoms with Crippen molar-refractivity contribution in [2.75, 3.05) is 9.80 Å². The standard InChI is InChI=1S/C52H44N2S/c1-3-13-37(14-4-1)45-20-7-9-22-48(45)54(41-26-24-39(25-27-41)52-32-30-38-15-12-31-51(38,35-52)36-52)43-19-11-18-42(33-43)53(40-16-5-2-6-17-40)44-28-29-50-47(34-44)46-21-8-10-23-49(46)55-50/h1-11,13-14,16-29,33-34,38H,12,15,30-32,35-36H2. The Hall–Kier alpha value is -5.64. The van der Waals surface area contributed by atoms with E-state index in [1.807, 2.05) is 11.3 Å². The molecule has 8 aromatic rings. The number of para-hydroxylation sites is 2. The van der Waals surface area contributed by atoms with E-state index in [1.165, 1.54) is 87.6 Å². The molecule has 1 spiro atoms. The van der Waals surface area contributed by atoms with Gasteiger partial charge in [0.05, 0.1) is 5.69 Å². The molecule has 55 heavy (non-hydrogen) atoms. The summed E-state index contributed by atoms with van der Waals surface area (Å²) < 4.78 is 2.64. The lowest BCUT2D eigenvalue weighted by Gasteiger charge is -2.63. The molecule has 12 rings (SSSR count). The first-order valence-corrected chi connectivity index (χ1v) is 20.9. The van der Waals surface area contributed by atoms with E-state index >= 15 is 0 Å². The van der Waals surface area contributed by atoms with Crippen LogP contribution in [0.4, 0.5) is 34.1 Å². The maximum atomic E-state index is 2.47. The summed E-state index contributed by atoms with van der Waals surface area (Å²) in [6.45, 7) is 0. The highest BCUT2D eigenvalue weighted by atomic mass is 32.1. The third-order valence-corrected chi connectivity index (χ3v) is 14.5. The second kappa shape index (κ2) is 13.0. The van der Waals surface area contributed by atoms with Gasteiger partial charge in [0, 0.05) is 54.2 Å². The minimum atomic E-state index is 0.372.